The number of aromatic nitrogens is 2. The van der Waals surface area contributed by atoms with Crippen LogP contribution in [0.4, 0.5) is 5.69 Å². The van der Waals surface area contributed by atoms with Gasteiger partial charge >= 0.3 is 0 Å². The lowest BCUT2D eigenvalue weighted by atomic mass is 10.2. The first-order valence-corrected chi connectivity index (χ1v) is 8.29. The van der Waals surface area contributed by atoms with E-state index in [9.17, 15) is 8.42 Å². The van der Waals surface area contributed by atoms with Crippen LogP contribution in [0.15, 0.2) is 33.9 Å². The second-order valence-electron chi connectivity index (χ2n) is 3.87. The normalized spacial score (nSPS) is 11.4. The molecule has 1 aromatic carbocycles. The van der Waals surface area contributed by atoms with Crippen LogP contribution in [0, 0.1) is 6.92 Å². The first-order valence-electron chi connectivity index (χ1n) is 5.26. The minimum Gasteiger partial charge on any atom is -0.274 e. The first kappa shape index (κ1) is 15.5. The molecule has 0 spiro atoms. The number of rotatable bonds is 3. The van der Waals surface area contributed by atoms with Crippen LogP contribution in [0.1, 0.15) is 5.56 Å². The fourth-order valence-corrected chi connectivity index (χ4v) is 4.23. The predicted octanol–water partition coefficient (Wildman–Crippen LogP) is 3.66. The van der Waals surface area contributed by atoms with E-state index in [4.69, 9.17) is 23.2 Å². The molecule has 1 N–H and O–H groups in total. The number of aryl methyl sites for hydroxylation is 1. The minimum absolute atomic E-state index is 0.0525. The Bertz CT molecular complexity index is 748. The summed E-state index contributed by atoms with van der Waals surface area (Å²) in [4.78, 5) is 7.44. The van der Waals surface area contributed by atoms with Crippen molar-refractivity contribution >= 4 is 54.8 Å². The van der Waals surface area contributed by atoms with Gasteiger partial charge in [0.2, 0.25) is 0 Å². The van der Waals surface area contributed by atoms with Crippen LogP contribution in [0.5, 0.6) is 0 Å². The van der Waals surface area contributed by atoms with Crippen LogP contribution in [0.25, 0.3) is 0 Å². The van der Waals surface area contributed by atoms with Crippen molar-refractivity contribution in [2.75, 3.05) is 4.72 Å². The minimum atomic E-state index is -3.85. The molecular weight excluding hydrogens is 389 g/mol. The number of sulfonamides is 1. The number of anilines is 1. The molecule has 0 aliphatic carbocycles. The summed E-state index contributed by atoms with van der Waals surface area (Å²) in [6, 6.07) is 4.86. The van der Waals surface area contributed by atoms with Gasteiger partial charge in [-0.15, -0.1) is 0 Å². The van der Waals surface area contributed by atoms with E-state index in [0.717, 1.165) is 11.9 Å². The monoisotopic (exact) mass is 395 g/mol. The highest BCUT2D eigenvalue weighted by Gasteiger charge is 2.21. The van der Waals surface area contributed by atoms with Crippen molar-refractivity contribution in [1.29, 1.82) is 0 Å². The average Bonchev–Trinajstić information content (AvgIpc) is 2.33. The Morgan fingerprint density at radius 3 is 2.35 bits per heavy atom. The number of halogens is 3. The fourth-order valence-electron chi connectivity index (χ4n) is 1.44. The Morgan fingerprint density at radius 2 is 1.80 bits per heavy atom. The molecule has 106 valence electrons. The molecule has 0 unspecified atom stereocenters. The number of nitrogens with zero attached hydrogens (tertiary/aromatic N) is 2. The molecule has 2 rings (SSSR count). The lowest BCUT2D eigenvalue weighted by Crippen LogP contribution is -2.15. The van der Waals surface area contributed by atoms with Crippen LogP contribution in [0.3, 0.4) is 0 Å². The molecule has 9 heteroatoms. The quantitative estimate of drug-likeness (QED) is 0.803. The summed E-state index contributed by atoms with van der Waals surface area (Å²) < 4.78 is 27.4. The Hall–Kier alpha value is -0.890. The molecule has 2 aromatic rings. The molecule has 0 atom stereocenters. The summed E-state index contributed by atoms with van der Waals surface area (Å²) in [5.74, 6) is 0. The van der Waals surface area contributed by atoms with Gasteiger partial charge in [-0.05, 0) is 40.5 Å². The zero-order valence-corrected chi connectivity index (χ0v) is 14.0. The highest BCUT2D eigenvalue weighted by atomic mass is 79.9. The lowest BCUT2D eigenvalue weighted by molar-refractivity contribution is 0.600. The smallest absolute Gasteiger partial charge is 0.263 e. The Morgan fingerprint density at radius 1 is 1.20 bits per heavy atom. The third-order valence-corrected chi connectivity index (χ3v) is 5.27. The van der Waals surface area contributed by atoms with E-state index in [1.54, 1.807) is 12.1 Å². The predicted molar refractivity (Wildman–Crippen MR) is 81.7 cm³/mol. The molecular formula is C11H8BrCl2N3O2S. The van der Waals surface area contributed by atoms with Crippen molar-refractivity contribution in [3.8, 4) is 0 Å². The Balaban J connectivity index is 2.46. The molecule has 0 bridgehead atoms. The van der Waals surface area contributed by atoms with E-state index in [-0.39, 0.29) is 20.9 Å². The van der Waals surface area contributed by atoms with Crippen molar-refractivity contribution in [3.05, 3.63) is 44.9 Å². The highest BCUT2D eigenvalue weighted by molar-refractivity contribution is 9.10. The number of nitrogens with one attached hydrogen (secondary N) is 1. The molecule has 0 radical (unpaired) electrons. The number of hydrogen-bond acceptors (Lipinski definition) is 4. The third-order valence-electron chi connectivity index (χ3n) is 2.37. The summed E-state index contributed by atoms with van der Waals surface area (Å²) in [7, 11) is -3.85. The Kier molecular flexibility index (Phi) is 4.53. The summed E-state index contributed by atoms with van der Waals surface area (Å²) in [6.45, 7) is 1.85. The largest absolute Gasteiger partial charge is 0.274 e. The van der Waals surface area contributed by atoms with Gasteiger partial charge in [-0.25, -0.2) is 18.4 Å². The summed E-state index contributed by atoms with van der Waals surface area (Å²) in [5, 5.41) is -0.145. The van der Waals surface area contributed by atoms with Gasteiger partial charge in [0.25, 0.3) is 10.0 Å². The maximum Gasteiger partial charge on any atom is 0.263 e. The molecule has 1 heterocycles. The van der Waals surface area contributed by atoms with Gasteiger partial charge in [0.1, 0.15) is 16.9 Å². The zero-order chi connectivity index (χ0) is 14.9. The second-order valence-corrected chi connectivity index (χ2v) is 7.09. The van der Waals surface area contributed by atoms with E-state index < -0.39 is 10.0 Å². The summed E-state index contributed by atoms with van der Waals surface area (Å²) in [6.07, 6.45) is 1.14. The molecule has 0 saturated carbocycles. The van der Waals surface area contributed by atoms with E-state index in [0.29, 0.717) is 4.47 Å². The summed E-state index contributed by atoms with van der Waals surface area (Å²) >= 11 is 14.8. The summed E-state index contributed by atoms with van der Waals surface area (Å²) in [5.41, 5.74) is 0.873. The van der Waals surface area contributed by atoms with Gasteiger partial charge in [0.15, 0.2) is 10.3 Å². The van der Waals surface area contributed by atoms with Crippen molar-refractivity contribution in [2.45, 2.75) is 11.8 Å². The van der Waals surface area contributed by atoms with Crippen molar-refractivity contribution in [2.24, 2.45) is 0 Å². The van der Waals surface area contributed by atoms with E-state index in [1.807, 2.05) is 6.92 Å². The molecule has 5 nitrogen and oxygen atoms in total. The standard InChI is InChI=1S/C11H8BrCl2N3O2S/c1-6-2-3-8(7(12)4-6)20(18,19)17-9-10(13)15-5-16-11(9)14/h2-5,17H,1H3. The van der Waals surface area contributed by atoms with Crippen molar-refractivity contribution in [3.63, 3.8) is 0 Å². The van der Waals surface area contributed by atoms with Crippen LogP contribution < -0.4 is 4.72 Å². The maximum atomic E-state index is 12.3. The van der Waals surface area contributed by atoms with Gasteiger partial charge in [-0.2, -0.15) is 0 Å². The van der Waals surface area contributed by atoms with Gasteiger partial charge < -0.3 is 0 Å². The SMILES string of the molecule is Cc1ccc(S(=O)(=O)Nc2c(Cl)ncnc2Cl)c(Br)c1. The fraction of sp³-hybridized carbons (Fsp3) is 0.0909. The molecule has 0 aliphatic rings. The molecule has 20 heavy (non-hydrogen) atoms. The van der Waals surface area contributed by atoms with Crippen LogP contribution in [0.2, 0.25) is 10.3 Å². The van der Waals surface area contributed by atoms with Crippen LogP contribution in [-0.4, -0.2) is 18.4 Å². The third kappa shape index (κ3) is 3.22. The molecule has 1 aromatic heterocycles. The van der Waals surface area contributed by atoms with Crippen LogP contribution >= 0.6 is 39.1 Å². The highest BCUT2D eigenvalue weighted by Crippen LogP contribution is 2.30. The number of hydrogen-bond donors (Lipinski definition) is 1. The lowest BCUT2D eigenvalue weighted by Gasteiger charge is -2.11. The first-order chi connectivity index (χ1) is 9.31. The molecule has 0 aliphatic heterocycles. The molecule has 0 saturated heterocycles. The van der Waals surface area contributed by atoms with Crippen molar-refractivity contribution in [1.82, 2.24) is 9.97 Å². The van der Waals surface area contributed by atoms with Gasteiger partial charge in [0.05, 0.1) is 0 Å². The van der Waals surface area contributed by atoms with E-state index >= 15 is 0 Å². The molecule has 0 fully saturated rings. The van der Waals surface area contributed by atoms with E-state index in [2.05, 4.69) is 30.6 Å². The van der Waals surface area contributed by atoms with Gasteiger partial charge in [0, 0.05) is 4.47 Å². The zero-order valence-electron chi connectivity index (χ0n) is 10.1. The van der Waals surface area contributed by atoms with Crippen molar-refractivity contribution < 1.29 is 8.42 Å². The average molecular weight is 397 g/mol. The number of benzene rings is 1. The topological polar surface area (TPSA) is 72.0 Å². The molecule has 0 amide bonds. The van der Waals surface area contributed by atoms with Crippen LogP contribution in [-0.2, 0) is 10.0 Å². The Labute approximate surface area is 134 Å². The van der Waals surface area contributed by atoms with Gasteiger partial charge in [-0.3, -0.25) is 4.72 Å². The second kappa shape index (κ2) is 5.85. The maximum absolute atomic E-state index is 12.3. The van der Waals surface area contributed by atoms with Gasteiger partial charge in [-0.1, -0.05) is 29.3 Å². The van der Waals surface area contributed by atoms with E-state index in [1.165, 1.54) is 6.07 Å².